The fraction of sp³-hybridized carbons (Fsp3) is 0.667. The van der Waals surface area contributed by atoms with E-state index in [9.17, 15) is 10.2 Å². The highest BCUT2D eigenvalue weighted by atomic mass is 16.5. The zero-order chi connectivity index (χ0) is 18.4. The van der Waals surface area contributed by atoms with E-state index in [4.69, 9.17) is 8.85 Å². The summed E-state index contributed by atoms with van der Waals surface area (Å²) >= 11 is 0. The average molecular weight is 308 g/mol. The lowest BCUT2D eigenvalue weighted by Crippen LogP contribution is -2.48. The van der Waals surface area contributed by atoms with Gasteiger partial charge in [-0.25, -0.2) is 0 Å². The Kier molecular flexibility index (Phi) is 3.38. The zero-order valence-corrected chi connectivity index (χ0v) is 13.2. The summed E-state index contributed by atoms with van der Waals surface area (Å²) in [5.74, 6) is 0.661. The normalized spacial score (nSPS) is 30.9. The molecule has 1 aromatic rings. The number of nitrogens with zero attached hydrogens (tertiary/aromatic N) is 1. The van der Waals surface area contributed by atoms with Crippen molar-refractivity contribution in [2.45, 2.75) is 45.3 Å². The summed E-state index contributed by atoms with van der Waals surface area (Å²) in [6.07, 6.45) is 2.07. The highest BCUT2D eigenvalue weighted by Gasteiger charge is 2.38. The van der Waals surface area contributed by atoms with Crippen LogP contribution in [0.4, 0.5) is 0 Å². The number of fused-ring (bicyclic) bond motifs is 3. The van der Waals surface area contributed by atoms with Crippen LogP contribution in [0.15, 0.2) is 12.1 Å². The number of aliphatic hydroxyl groups excluding tert-OH is 1. The van der Waals surface area contributed by atoms with Gasteiger partial charge in [-0.3, -0.25) is 4.90 Å². The number of benzene rings is 1. The second-order valence-corrected chi connectivity index (χ2v) is 7.07. The molecule has 122 valence electrons. The molecule has 0 amide bonds. The first kappa shape index (κ1) is 12.2. The van der Waals surface area contributed by atoms with E-state index in [-0.39, 0.29) is 29.6 Å². The molecule has 0 unspecified atom stereocenters. The molecule has 1 aromatic carbocycles. The van der Waals surface area contributed by atoms with Crippen molar-refractivity contribution >= 4 is 0 Å². The summed E-state index contributed by atoms with van der Waals surface area (Å²) in [6.45, 7) is 6.08. The Labute approximate surface area is 136 Å². The largest absolute Gasteiger partial charge is 0.504 e. The predicted octanol–water partition coefficient (Wildman–Crippen LogP) is 2.73. The molecule has 1 fully saturated rings. The van der Waals surface area contributed by atoms with E-state index >= 15 is 0 Å². The van der Waals surface area contributed by atoms with Crippen LogP contribution in [0, 0.1) is 11.8 Å². The number of piperidine rings is 1. The summed E-state index contributed by atoms with van der Waals surface area (Å²) < 4.78 is 26.7. The van der Waals surface area contributed by atoms with Crippen molar-refractivity contribution in [2.75, 3.05) is 20.1 Å². The topological polar surface area (TPSA) is 52.9 Å². The molecule has 1 saturated heterocycles. The molecule has 0 radical (unpaired) electrons. The number of phenols is 1. The highest BCUT2D eigenvalue weighted by Crippen LogP contribution is 2.43. The number of rotatable bonds is 3. The Bertz CT molecular complexity index is 633. The van der Waals surface area contributed by atoms with Crippen LogP contribution >= 0.6 is 0 Å². The molecule has 3 atom stereocenters. The van der Waals surface area contributed by atoms with Gasteiger partial charge < -0.3 is 14.9 Å². The summed E-state index contributed by atoms with van der Waals surface area (Å²) in [4.78, 5) is 2.37. The number of methoxy groups -OCH3 is 1. The molecule has 0 aromatic heterocycles. The van der Waals surface area contributed by atoms with Gasteiger partial charge in [0.1, 0.15) is 0 Å². The number of phenolic OH excluding ortho intramolecular Hbond substituents is 1. The maximum Gasteiger partial charge on any atom is 0.160 e. The van der Waals surface area contributed by atoms with Crippen molar-refractivity contribution in [3.63, 3.8) is 0 Å². The second-order valence-electron chi connectivity index (χ2n) is 7.07. The maximum atomic E-state index is 10.6. The van der Waals surface area contributed by atoms with Crippen LogP contribution < -0.4 is 4.74 Å². The van der Waals surface area contributed by atoms with E-state index in [2.05, 4.69) is 18.7 Å². The van der Waals surface area contributed by atoms with Crippen LogP contribution in [0.5, 0.6) is 11.5 Å². The van der Waals surface area contributed by atoms with Crippen LogP contribution in [0.25, 0.3) is 0 Å². The van der Waals surface area contributed by atoms with Crippen LogP contribution in [0.3, 0.4) is 0 Å². The van der Waals surface area contributed by atoms with Crippen molar-refractivity contribution < 1.29 is 19.1 Å². The zero-order valence-electron chi connectivity index (χ0n) is 16.2. The first-order chi connectivity index (χ1) is 11.6. The van der Waals surface area contributed by atoms with E-state index in [1.165, 1.54) is 0 Å². The summed E-state index contributed by atoms with van der Waals surface area (Å²) in [5.41, 5.74) is 1.97. The van der Waals surface area contributed by atoms with Crippen LogP contribution in [-0.2, 0) is 6.42 Å². The molecule has 2 N–H and O–H groups in total. The molecule has 3 rings (SSSR count). The molecule has 2 heterocycles. The van der Waals surface area contributed by atoms with Gasteiger partial charge in [-0.05, 0) is 54.4 Å². The average Bonchev–Trinajstić information content (AvgIpc) is 2.47. The van der Waals surface area contributed by atoms with E-state index in [0.29, 0.717) is 12.3 Å². The van der Waals surface area contributed by atoms with Gasteiger partial charge in [0.25, 0.3) is 0 Å². The van der Waals surface area contributed by atoms with Gasteiger partial charge in [-0.2, -0.15) is 0 Å². The Balaban J connectivity index is 1.87. The van der Waals surface area contributed by atoms with Crippen molar-refractivity contribution in [3.05, 3.63) is 23.3 Å². The summed E-state index contributed by atoms with van der Waals surface area (Å²) in [5, 5.41) is 20.7. The van der Waals surface area contributed by atoms with Gasteiger partial charge in [-0.15, -0.1) is 0 Å². The Morgan fingerprint density at radius 1 is 1.45 bits per heavy atom. The number of hydrogen-bond acceptors (Lipinski definition) is 4. The molecule has 0 saturated carbocycles. The number of hydrogen-bond donors (Lipinski definition) is 2. The van der Waals surface area contributed by atoms with Gasteiger partial charge >= 0.3 is 0 Å². The quantitative estimate of drug-likeness (QED) is 0.901. The van der Waals surface area contributed by atoms with Gasteiger partial charge in [0.05, 0.1) is 17.3 Å². The first-order valence-electron chi connectivity index (χ1n) is 9.61. The molecule has 22 heavy (non-hydrogen) atoms. The minimum absolute atomic E-state index is 0.0145. The van der Waals surface area contributed by atoms with Gasteiger partial charge in [0.2, 0.25) is 0 Å². The standard InChI is InChI=1S/C18H27NO3/c1-11(2)6-13-10-19-5-4-12-7-17(21)18(22-3)8-14(12)15(19)9-16(13)20/h7-8,11,13,15-16,20-21H,4-6,9-10H2,1-3H3/t13-,15-,16-/m1/s1/i3D3. The monoisotopic (exact) mass is 308 g/mol. The van der Waals surface area contributed by atoms with Crippen molar-refractivity contribution in [1.82, 2.24) is 4.90 Å². The van der Waals surface area contributed by atoms with E-state index < -0.39 is 7.04 Å². The number of aliphatic hydroxyl groups is 1. The third-order valence-corrected chi connectivity index (χ3v) is 5.05. The van der Waals surface area contributed by atoms with Crippen LogP contribution in [0.2, 0.25) is 0 Å². The van der Waals surface area contributed by atoms with E-state index in [1.807, 2.05) is 0 Å². The van der Waals surface area contributed by atoms with Gasteiger partial charge in [-0.1, -0.05) is 13.8 Å². The lowest BCUT2D eigenvalue weighted by molar-refractivity contribution is -0.0191. The van der Waals surface area contributed by atoms with Crippen molar-refractivity contribution in [3.8, 4) is 11.5 Å². The molecule has 0 aliphatic carbocycles. The van der Waals surface area contributed by atoms with Crippen LogP contribution in [-0.4, -0.2) is 41.3 Å². The molecule has 2 aliphatic heterocycles. The van der Waals surface area contributed by atoms with Crippen LogP contribution in [0.1, 0.15) is 48.0 Å². The smallest absolute Gasteiger partial charge is 0.160 e. The number of ether oxygens (including phenoxy) is 1. The maximum absolute atomic E-state index is 10.6. The SMILES string of the molecule is [2H]C([2H])([2H])Oc1cc2c(cc1O)CCN1C[C@@H](CC(C)C)[C@H](O)C[C@H]21. The first-order valence-corrected chi connectivity index (χ1v) is 8.11. The number of aromatic hydroxyl groups is 1. The lowest BCUT2D eigenvalue weighted by atomic mass is 9.79. The lowest BCUT2D eigenvalue weighted by Gasteiger charge is -2.46. The van der Waals surface area contributed by atoms with E-state index in [0.717, 1.165) is 37.1 Å². The van der Waals surface area contributed by atoms with Crippen molar-refractivity contribution in [1.29, 1.82) is 0 Å². The van der Waals surface area contributed by atoms with E-state index in [1.54, 1.807) is 12.1 Å². The molecular weight excluding hydrogens is 278 g/mol. The Hall–Kier alpha value is -1.26. The van der Waals surface area contributed by atoms with Gasteiger partial charge in [0.15, 0.2) is 11.5 Å². The molecule has 2 aliphatic rings. The van der Waals surface area contributed by atoms with Crippen molar-refractivity contribution in [2.24, 2.45) is 11.8 Å². The molecular formula is C18H27NO3. The molecule has 4 heteroatoms. The minimum atomic E-state index is -2.60. The Morgan fingerprint density at radius 2 is 2.27 bits per heavy atom. The predicted molar refractivity (Wildman–Crippen MR) is 86.2 cm³/mol. The van der Waals surface area contributed by atoms with Gasteiger partial charge in [0, 0.05) is 19.1 Å². The third kappa shape index (κ3) is 2.82. The minimum Gasteiger partial charge on any atom is -0.504 e. The third-order valence-electron chi connectivity index (χ3n) is 5.05. The molecule has 0 bridgehead atoms. The molecule has 4 nitrogen and oxygen atoms in total. The summed E-state index contributed by atoms with van der Waals surface area (Å²) in [7, 11) is -2.60. The fourth-order valence-corrected chi connectivity index (χ4v) is 4.03. The summed E-state index contributed by atoms with van der Waals surface area (Å²) in [6, 6.07) is 3.30. The fourth-order valence-electron chi connectivity index (χ4n) is 4.03. The highest BCUT2D eigenvalue weighted by molar-refractivity contribution is 5.48. The second kappa shape index (κ2) is 6.09. The Morgan fingerprint density at radius 3 is 3.00 bits per heavy atom. The molecule has 0 spiro atoms.